The molecule has 0 aromatic heterocycles. The number of hydrogen-bond acceptors (Lipinski definition) is 5. The number of nitrogens with zero attached hydrogens (tertiary/aromatic N) is 2. The second-order valence-corrected chi connectivity index (χ2v) is 5.54. The van der Waals surface area contributed by atoms with Crippen molar-refractivity contribution in [2.24, 2.45) is 0 Å². The van der Waals surface area contributed by atoms with Gasteiger partial charge >= 0.3 is 5.97 Å². The SMILES string of the molecule is CCN1C=CC(=C2SC(=S)N(CC(=O)O)C2=O)C=C1.[Na]. The van der Waals surface area contributed by atoms with E-state index < -0.39 is 12.5 Å². The molecule has 1 saturated heterocycles. The van der Waals surface area contributed by atoms with Crippen LogP contribution in [0.5, 0.6) is 0 Å². The van der Waals surface area contributed by atoms with Crippen molar-refractivity contribution >= 4 is 69.7 Å². The molecule has 0 unspecified atom stereocenters. The van der Waals surface area contributed by atoms with Crippen LogP contribution in [0.3, 0.4) is 0 Å². The zero-order chi connectivity index (χ0) is 14.0. The average Bonchev–Trinajstić information content (AvgIpc) is 2.66. The predicted molar refractivity (Wildman–Crippen MR) is 83.0 cm³/mol. The minimum absolute atomic E-state index is 0. The number of aliphatic carboxylic acids is 1. The van der Waals surface area contributed by atoms with Gasteiger partial charge in [-0.2, -0.15) is 0 Å². The van der Waals surface area contributed by atoms with E-state index in [-0.39, 0.29) is 39.8 Å². The fourth-order valence-corrected chi connectivity index (χ4v) is 2.95. The number of carbonyl (C=O) groups excluding carboxylic acids is 1. The number of thioether (sulfide) groups is 1. The number of allylic oxidation sites excluding steroid dienone is 3. The summed E-state index contributed by atoms with van der Waals surface area (Å²) in [7, 11) is 0. The van der Waals surface area contributed by atoms with E-state index in [1.165, 1.54) is 0 Å². The van der Waals surface area contributed by atoms with Crippen LogP contribution in [0, 0.1) is 0 Å². The minimum atomic E-state index is -1.07. The molecule has 0 bridgehead atoms. The van der Waals surface area contributed by atoms with Gasteiger partial charge in [-0.15, -0.1) is 0 Å². The van der Waals surface area contributed by atoms with Gasteiger partial charge in [-0.3, -0.25) is 14.5 Å². The van der Waals surface area contributed by atoms with Gasteiger partial charge in [-0.25, -0.2) is 0 Å². The second-order valence-electron chi connectivity index (χ2n) is 3.90. The zero-order valence-electron chi connectivity index (χ0n) is 11.2. The first kappa shape index (κ1) is 17.5. The van der Waals surface area contributed by atoms with E-state index >= 15 is 0 Å². The standard InChI is InChI=1S/C12H12N2O3S2.Na/c1-2-13-5-3-8(4-6-13)10-11(17)14(7-9(15)16)12(18)19-10;/h3-6H,2,7H2,1H3,(H,15,16);. The van der Waals surface area contributed by atoms with E-state index in [1.807, 2.05) is 36.4 Å². The van der Waals surface area contributed by atoms with Crippen LogP contribution < -0.4 is 0 Å². The predicted octanol–water partition coefficient (Wildman–Crippen LogP) is 1.17. The van der Waals surface area contributed by atoms with Crippen molar-refractivity contribution in [2.45, 2.75) is 6.92 Å². The molecule has 0 spiro atoms. The van der Waals surface area contributed by atoms with Crippen molar-refractivity contribution in [3.05, 3.63) is 35.0 Å². The van der Waals surface area contributed by atoms with Crippen molar-refractivity contribution in [1.29, 1.82) is 0 Å². The molecule has 1 fully saturated rings. The molecule has 1 amide bonds. The van der Waals surface area contributed by atoms with Crippen LogP contribution in [0.25, 0.3) is 0 Å². The number of carboxylic acid groups (broad SMARTS) is 1. The Morgan fingerprint density at radius 1 is 1.40 bits per heavy atom. The monoisotopic (exact) mass is 319 g/mol. The maximum atomic E-state index is 12.1. The van der Waals surface area contributed by atoms with Gasteiger partial charge < -0.3 is 10.0 Å². The number of hydrogen-bond donors (Lipinski definition) is 1. The van der Waals surface area contributed by atoms with E-state index in [4.69, 9.17) is 17.3 Å². The summed E-state index contributed by atoms with van der Waals surface area (Å²) >= 11 is 6.18. The number of amides is 1. The Bertz CT molecular complexity index is 527. The van der Waals surface area contributed by atoms with E-state index in [1.54, 1.807) is 0 Å². The van der Waals surface area contributed by atoms with Gasteiger partial charge in [0, 0.05) is 48.5 Å². The summed E-state index contributed by atoms with van der Waals surface area (Å²) < 4.78 is 0.287. The number of carboxylic acids is 1. The van der Waals surface area contributed by atoms with Crippen LogP contribution in [0.4, 0.5) is 0 Å². The van der Waals surface area contributed by atoms with Gasteiger partial charge in [-0.1, -0.05) is 24.0 Å². The first-order chi connectivity index (χ1) is 9.02. The van der Waals surface area contributed by atoms with E-state index in [0.717, 1.165) is 28.8 Å². The summed E-state index contributed by atoms with van der Waals surface area (Å²) in [5.74, 6) is -1.42. The number of thiocarbonyl (C=S) groups is 1. The van der Waals surface area contributed by atoms with Crippen molar-refractivity contribution < 1.29 is 14.7 Å². The molecule has 0 aliphatic carbocycles. The fourth-order valence-electron chi connectivity index (χ4n) is 1.67. The quantitative estimate of drug-likeness (QED) is 0.479. The zero-order valence-corrected chi connectivity index (χ0v) is 14.8. The summed E-state index contributed by atoms with van der Waals surface area (Å²) in [5, 5.41) is 8.76. The Morgan fingerprint density at radius 2 is 2.00 bits per heavy atom. The van der Waals surface area contributed by atoms with Crippen LogP contribution in [0.2, 0.25) is 0 Å². The van der Waals surface area contributed by atoms with Gasteiger partial charge in [-0.05, 0) is 24.6 Å². The molecular weight excluding hydrogens is 307 g/mol. The van der Waals surface area contributed by atoms with Gasteiger partial charge in [0.25, 0.3) is 5.91 Å². The van der Waals surface area contributed by atoms with Gasteiger partial charge in [0.1, 0.15) is 10.9 Å². The van der Waals surface area contributed by atoms with E-state index in [0.29, 0.717) is 4.91 Å². The van der Waals surface area contributed by atoms with Crippen LogP contribution in [0.1, 0.15) is 6.92 Å². The van der Waals surface area contributed by atoms with Gasteiger partial charge in [0.05, 0.1) is 4.91 Å². The normalized spacial score (nSPS) is 17.9. The molecule has 0 saturated carbocycles. The molecule has 8 heteroatoms. The third-order valence-corrected chi connectivity index (χ3v) is 4.14. The Hall–Kier alpha value is -0.600. The molecule has 0 aromatic carbocycles. The number of carbonyl (C=O) groups is 2. The maximum Gasteiger partial charge on any atom is 0.323 e. The molecule has 2 aliphatic heterocycles. The summed E-state index contributed by atoms with van der Waals surface area (Å²) in [6.45, 7) is 2.47. The van der Waals surface area contributed by atoms with E-state index in [9.17, 15) is 9.59 Å². The van der Waals surface area contributed by atoms with Crippen LogP contribution in [-0.4, -0.2) is 73.8 Å². The maximum absolute atomic E-state index is 12.1. The summed E-state index contributed by atoms with van der Waals surface area (Å²) in [6.07, 6.45) is 7.41. The smallest absolute Gasteiger partial charge is 0.323 e. The summed E-state index contributed by atoms with van der Waals surface area (Å²) in [4.78, 5) is 26.4. The van der Waals surface area contributed by atoms with Crippen molar-refractivity contribution in [3.8, 4) is 0 Å². The molecule has 101 valence electrons. The molecule has 20 heavy (non-hydrogen) atoms. The van der Waals surface area contributed by atoms with Crippen molar-refractivity contribution in [1.82, 2.24) is 9.80 Å². The summed E-state index contributed by atoms with van der Waals surface area (Å²) in [6, 6.07) is 0. The second kappa shape index (κ2) is 7.42. The molecular formula is C12H12N2NaO3S2. The molecule has 1 radical (unpaired) electrons. The van der Waals surface area contributed by atoms with Crippen molar-refractivity contribution in [3.63, 3.8) is 0 Å². The third kappa shape index (κ3) is 3.73. The van der Waals surface area contributed by atoms with Crippen molar-refractivity contribution in [2.75, 3.05) is 13.1 Å². The molecule has 0 atom stereocenters. The summed E-state index contributed by atoms with van der Waals surface area (Å²) in [5.41, 5.74) is 0.759. The Labute approximate surface area is 148 Å². The Kier molecular flexibility index (Phi) is 6.47. The Morgan fingerprint density at radius 3 is 2.50 bits per heavy atom. The van der Waals surface area contributed by atoms with Crippen LogP contribution in [0.15, 0.2) is 35.0 Å². The van der Waals surface area contributed by atoms with E-state index in [2.05, 4.69) is 0 Å². The largest absolute Gasteiger partial charge is 0.480 e. The minimum Gasteiger partial charge on any atom is -0.480 e. The Balaban J connectivity index is 0.00000200. The van der Waals surface area contributed by atoms with Gasteiger partial charge in [0.15, 0.2) is 0 Å². The average molecular weight is 319 g/mol. The topological polar surface area (TPSA) is 60.9 Å². The molecule has 2 heterocycles. The fraction of sp³-hybridized carbons (Fsp3) is 0.250. The molecule has 1 N–H and O–H groups in total. The molecule has 2 rings (SSSR count). The number of rotatable bonds is 3. The third-order valence-electron chi connectivity index (χ3n) is 2.66. The first-order valence-electron chi connectivity index (χ1n) is 5.64. The van der Waals surface area contributed by atoms with Crippen LogP contribution >= 0.6 is 24.0 Å². The molecule has 0 aromatic rings. The van der Waals surface area contributed by atoms with Gasteiger partial charge in [0.2, 0.25) is 0 Å². The van der Waals surface area contributed by atoms with Crippen LogP contribution in [-0.2, 0) is 9.59 Å². The molecule has 2 aliphatic rings. The first-order valence-corrected chi connectivity index (χ1v) is 6.87. The molecule has 5 nitrogen and oxygen atoms in total.